The number of hydrogen-bond acceptors (Lipinski definition) is 5. The molecule has 0 bridgehead atoms. The Morgan fingerprint density at radius 2 is 2.00 bits per heavy atom. The molecule has 0 radical (unpaired) electrons. The summed E-state index contributed by atoms with van der Waals surface area (Å²) >= 11 is 0. The minimum atomic E-state index is -0.255. The summed E-state index contributed by atoms with van der Waals surface area (Å²) in [7, 11) is 3.10. The lowest BCUT2D eigenvalue weighted by molar-refractivity contribution is -0.129. The van der Waals surface area contributed by atoms with Crippen LogP contribution in [0.5, 0.6) is 11.5 Å². The molecule has 7 nitrogen and oxygen atoms in total. The minimum Gasteiger partial charge on any atom is -0.497 e. The molecule has 7 heteroatoms. The van der Waals surface area contributed by atoms with E-state index in [9.17, 15) is 9.59 Å². The summed E-state index contributed by atoms with van der Waals surface area (Å²) in [5, 5.41) is 2.87. The van der Waals surface area contributed by atoms with Crippen LogP contribution in [0.15, 0.2) is 30.6 Å². The zero-order valence-corrected chi connectivity index (χ0v) is 15.0. The summed E-state index contributed by atoms with van der Waals surface area (Å²) < 4.78 is 10.5. The van der Waals surface area contributed by atoms with Crippen molar-refractivity contribution in [3.8, 4) is 11.5 Å². The van der Waals surface area contributed by atoms with E-state index >= 15 is 0 Å². The van der Waals surface area contributed by atoms with E-state index in [1.165, 1.54) is 7.11 Å². The molecule has 0 fully saturated rings. The van der Waals surface area contributed by atoms with Crippen LogP contribution < -0.4 is 14.8 Å². The number of carbonyl (C=O) groups is 2. The third kappa shape index (κ3) is 3.46. The standard InChI is InChI=1S/C19H21N3O4/c1-12(23)22-7-6-15-13(11-22)9-20-10-16(15)19(24)21-17-5-4-14(25-2)8-18(17)26-3/h4-5,8-10H,6-7,11H2,1-3H3,(H,21,24). The van der Waals surface area contributed by atoms with Gasteiger partial charge in [0, 0.05) is 38.5 Å². The molecule has 2 aromatic rings. The van der Waals surface area contributed by atoms with Crippen LogP contribution in [0.3, 0.4) is 0 Å². The Bertz CT molecular complexity index is 851. The Hall–Kier alpha value is -3.09. The number of fused-ring (bicyclic) bond motifs is 1. The van der Waals surface area contributed by atoms with Crippen LogP contribution in [-0.4, -0.2) is 42.5 Å². The van der Waals surface area contributed by atoms with Crippen LogP contribution in [0, 0.1) is 0 Å². The zero-order valence-electron chi connectivity index (χ0n) is 15.0. The highest BCUT2D eigenvalue weighted by Gasteiger charge is 2.23. The predicted molar refractivity (Wildman–Crippen MR) is 96.5 cm³/mol. The third-order valence-electron chi connectivity index (χ3n) is 4.49. The topological polar surface area (TPSA) is 80.8 Å². The fourth-order valence-electron chi connectivity index (χ4n) is 3.05. The van der Waals surface area contributed by atoms with Gasteiger partial charge in [0.1, 0.15) is 11.5 Å². The summed E-state index contributed by atoms with van der Waals surface area (Å²) in [6, 6.07) is 5.19. The van der Waals surface area contributed by atoms with E-state index in [2.05, 4.69) is 10.3 Å². The van der Waals surface area contributed by atoms with Crippen molar-refractivity contribution in [2.75, 3.05) is 26.1 Å². The van der Waals surface area contributed by atoms with Crippen LogP contribution in [0.2, 0.25) is 0 Å². The number of pyridine rings is 1. The van der Waals surface area contributed by atoms with Crippen LogP contribution >= 0.6 is 0 Å². The lowest BCUT2D eigenvalue weighted by Gasteiger charge is -2.28. The first-order valence-electron chi connectivity index (χ1n) is 8.28. The lowest BCUT2D eigenvalue weighted by atomic mass is 9.96. The summed E-state index contributed by atoms with van der Waals surface area (Å²) in [5.41, 5.74) is 2.91. The number of benzene rings is 1. The average Bonchev–Trinajstić information content (AvgIpc) is 2.67. The van der Waals surface area contributed by atoms with Gasteiger partial charge >= 0.3 is 0 Å². The molecular formula is C19H21N3O4. The maximum absolute atomic E-state index is 12.8. The quantitative estimate of drug-likeness (QED) is 0.910. The number of anilines is 1. The zero-order chi connectivity index (χ0) is 18.7. The lowest BCUT2D eigenvalue weighted by Crippen LogP contribution is -2.35. The first-order chi connectivity index (χ1) is 12.5. The predicted octanol–water partition coefficient (Wildman–Crippen LogP) is 2.26. The minimum absolute atomic E-state index is 0.0217. The second-order valence-electron chi connectivity index (χ2n) is 6.04. The first-order valence-corrected chi connectivity index (χ1v) is 8.28. The summed E-state index contributed by atoms with van der Waals surface area (Å²) in [5.74, 6) is 0.920. The number of methoxy groups -OCH3 is 2. The van der Waals surface area contributed by atoms with Gasteiger partial charge in [-0.1, -0.05) is 0 Å². The highest BCUT2D eigenvalue weighted by molar-refractivity contribution is 6.06. The molecule has 0 saturated carbocycles. The van der Waals surface area contributed by atoms with Gasteiger partial charge < -0.3 is 19.7 Å². The van der Waals surface area contributed by atoms with Crippen molar-refractivity contribution < 1.29 is 19.1 Å². The normalized spacial score (nSPS) is 13.0. The highest BCUT2D eigenvalue weighted by Crippen LogP contribution is 2.30. The Kier molecular flexibility index (Phi) is 5.06. The van der Waals surface area contributed by atoms with E-state index in [4.69, 9.17) is 9.47 Å². The van der Waals surface area contributed by atoms with E-state index in [-0.39, 0.29) is 11.8 Å². The molecule has 0 spiro atoms. The van der Waals surface area contributed by atoms with Gasteiger partial charge in [-0.2, -0.15) is 0 Å². The second kappa shape index (κ2) is 7.43. The molecule has 0 aliphatic carbocycles. The third-order valence-corrected chi connectivity index (χ3v) is 4.49. The molecule has 1 aliphatic heterocycles. The molecule has 3 rings (SSSR count). The Morgan fingerprint density at radius 1 is 1.19 bits per heavy atom. The van der Waals surface area contributed by atoms with Crippen LogP contribution in [0.4, 0.5) is 5.69 Å². The first kappa shape index (κ1) is 17.7. The average molecular weight is 355 g/mol. The van der Waals surface area contributed by atoms with Crippen molar-refractivity contribution in [1.29, 1.82) is 0 Å². The monoisotopic (exact) mass is 355 g/mol. The number of hydrogen-bond donors (Lipinski definition) is 1. The molecule has 1 aromatic heterocycles. The van der Waals surface area contributed by atoms with Gasteiger partial charge in [0.05, 0.1) is 25.5 Å². The number of rotatable bonds is 4. The van der Waals surface area contributed by atoms with Gasteiger partial charge in [0.15, 0.2) is 0 Å². The Balaban J connectivity index is 1.86. The molecular weight excluding hydrogens is 334 g/mol. The van der Waals surface area contributed by atoms with Gasteiger partial charge in [-0.25, -0.2) is 0 Å². The summed E-state index contributed by atoms with van der Waals surface area (Å²) in [6.07, 6.45) is 3.91. The maximum atomic E-state index is 12.8. The van der Waals surface area contributed by atoms with Gasteiger partial charge in [0.2, 0.25) is 5.91 Å². The Labute approximate surface area is 151 Å². The van der Waals surface area contributed by atoms with Gasteiger partial charge in [0.25, 0.3) is 5.91 Å². The number of nitrogens with zero attached hydrogens (tertiary/aromatic N) is 2. The fraction of sp³-hybridized carbons (Fsp3) is 0.316. The molecule has 2 amide bonds. The van der Waals surface area contributed by atoms with E-state index in [0.717, 1.165) is 11.1 Å². The van der Waals surface area contributed by atoms with Crippen molar-refractivity contribution in [3.05, 3.63) is 47.3 Å². The van der Waals surface area contributed by atoms with Crippen molar-refractivity contribution in [3.63, 3.8) is 0 Å². The van der Waals surface area contributed by atoms with Crippen molar-refractivity contribution in [2.24, 2.45) is 0 Å². The molecule has 0 atom stereocenters. The maximum Gasteiger partial charge on any atom is 0.257 e. The number of aromatic nitrogens is 1. The number of ether oxygens (including phenoxy) is 2. The SMILES string of the molecule is COc1ccc(NC(=O)c2cncc3c2CCN(C(C)=O)C3)c(OC)c1. The largest absolute Gasteiger partial charge is 0.497 e. The van der Waals surface area contributed by atoms with E-state index in [1.807, 2.05) is 0 Å². The van der Waals surface area contributed by atoms with Crippen LogP contribution in [0.1, 0.15) is 28.4 Å². The van der Waals surface area contributed by atoms with Crippen molar-refractivity contribution in [1.82, 2.24) is 9.88 Å². The molecule has 2 heterocycles. The molecule has 1 N–H and O–H groups in total. The van der Waals surface area contributed by atoms with Crippen LogP contribution in [0.25, 0.3) is 0 Å². The van der Waals surface area contributed by atoms with Crippen molar-refractivity contribution >= 4 is 17.5 Å². The molecule has 136 valence electrons. The van der Waals surface area contributed by atoms with E-state index in [1.54, 1.807) is 49.5 Å². The number of nitrogens with one attached hydrogen (secondary N) is 1. The van der Waals surface area contributed by atoms with Gasteiger partial charge in [-0.05, 0) is 29.7 Å². The smallest absolute Gasteiger partial charge is 0.257 e. The molecule has 1 aliphatic rings. The van der Waals surface area contributed by atoms with Gasteiger partial charge in [-0.3, -0.25) is 14.6 Å². The molecule has 0 unspecified atom stereocenters. The van der Waals surface area contributed by atoms with E-state index < -0.39 is 0 Å². The second-order valence-corrected chi connectivity index (χ2v) is 6.04. The Morgan fingerprint density at radius 3 is 2.69 bits per heavy atom. The highest BCUT2D eigenvalue weighted by atomic mass is 16.5. The molecule has 1 aromatic carbocycles. The summed E-state index contributed by atoms with van der Waals surface area (Å²) in [6.45, 7) is 2.62. The van der Waals surface area contributed by atoms with E-state index in [0.29, 0.717) is 42.3 Å². The van der Waals surface area contributed by atoms with Crippen molar-refractivity contribution in [2.45, 2.75) is 19.9 Å². The summed E-state index contributed by atoms with van der Waals surface area (Å²) in [4.78, 5) is 30.3. The van der Waals surface area contributed by atoms with Gasteiger partial charge in [-0.15, -0.1) is 0 Å². The molecule has 0 saturated heterocycles. The fourth-order valence-corrected chi connectivity index (χ4v) is 3.05. The number of amides is 2. The number of carbonyl (C=O) groups excluding carboxylic acids is 2. The van der Waals surface area contributed by atoms with Crippen LogP contribution in [-0.2, 0) is 17.8 Å². The molecule has 26 heavy (non-hydrogen) atoms.